The second-order valence-electron chi connectivity index (χ2n) is 8.49. The zero-order valence-electron chi connectivity index (χ0n) is 17.9. The molecule has 32 heavy (non-hydrogen) atoms. The van der Waals surface area contributed by atoms with Crippen molar-refractivity contribution < 1.29 is 9.59 Å². The molecule has 2 unspecified atom stereocenters. The predicted octanol–water partition coefficient (Wildman–Crippen LogP) is 6.18. The minimum atomic E-state index is -0.840. The number of allylic oxidation sites excluding steroid dienone is 1. The molecule has 3 nitrogen and oxygen atoms in total. The fourth-order valence-corrected chi connectivity index (χ4v) is 5.32. The number of hydrogen-bond acceptors (Lipinski definition) is 2. The highest BCUT2D eigenvalue weighted by Gasteiger charge is 2.75. The fourth-order valence-electron chi connectivity index (χ4n) is 5.20. The summed E-state index contributed by atoms with van der Waals surface area (Å²) in [4.78, 5) is 29.4. The van der Waals surface area contributed by atoms with Gasteiger partial charge in [0.2, 0.25) is 5.91 Å². The van der Waals surface area contributed by atoms with E-state index in [1.807, 2.05) is 65.6 Å². The Morgan fingerprint density at radius 2 is 1.69 bits per heavy atom. The first-order valence-corrected chi connectivity index (χ1v) is 11.4. The number of hydrogen-bond donors (Lipinski definition) is 0. The van der Waals surface area contributed by atoms with E-state index in [1.165, 1.54) is 0 Å². The van der Waals surface area contributed by atoms with Gasteiger partial charge in [0.05, 0.1) is 5.41 Å². The van der Waals surface area contributed by atoms with Crippen LogP contribution >= 0.6 is 11.6 Å². The quantitative estimate of drug-likeness (QED) is 0.428. The van der Waals surface area contributed by atoms with E-state index in [0.717, 1.165) is 23.2 Å². The van der Waals surface area contributed by atoms with Crippen molar-refractivity contribution in [2.24, 2.45) is 11.8 Å². The molecule has 0 aromatic heterocycles. The number of carbonyl (C=O) groups is 2. The second kappa shape index (κ2) is 8.07. The van der Waals surface area contributed by atoms with E-state index in [-0.39, 0.29) is 17.6 Å². The van der Waals surface area contributed by atoms with Crippen molar-refractivity contribution in [2.45, 2.75) is 18.8 Å². The fraction of sp³-hybridized carbons (Fsp3) is 0.214. The minimum Gasteiger partial charge on any atom is -0.311 e. The van der Waals surface area contributed by atoms with Crippen molar-refractivity contribution >= 4 is 35.1 Å². The molecule has 3 aromatic rings. The summed E-state index contributed by atoms with van der Waals surface area (Å²) >= 11 is 6.04. The lowest BCUT2D eigenvalue weighted by molar-refractivity contribution is -0.120. The number of carbonyl (C=O) groups excluding carboxylic acids is 2. The van der Waals surface area contributed by atoms with Gasteiger partial charge in [0.15, 0.2) is 5.78 Å². The first kappa shape index (κ1) is 20.7. The average molecular weight is 442 g/mol. The molecule has 1 heterocycles. The summed E-state index contributed by atoms with van der Waals surface area (Å²) in [6.07, 6.45) is 4.94. The lowest BCUT2D eigenvalue weighted by atomic mass is 9.91. The number of benzene rings is 3. The molecular weight excluding hydrogens is 418 g/mol. The third-order valence-electron chi connectivity index (χ3n) is 6.66. The molecule has 0 bridgehead atoms. The van der Waals surface area contributed by atoms with Gasteiger partial charge in [-0.05, 0) is 47.9 Å². The summed E-state index contributed by atoms with van der Waals surface area (Å²) in [5.41, 5.74) is 2.70. The van der Waals surface area contributed by atoms with Crippen LogP contribution in [-0.4, -0.2) is 18.2 Å². The molecule has 4 heteroatoms. The van der Waals surface area contributed by atoms with Crippen molar-refractivity contribution in [3.63, 3.8) is 0 Å². The van der Waals surface area contributed by atoms with Crippen LogP contribution in [0.5, 0.6) is 0 Å². The Balaban J connectivity index is 1.61. The summed E-state index contributed by atoms with van der Waals surface area (Å²) in [6, 6.07) is 24.9. The normalized spacial score (nSPS) is 23.7. The number of amides is 1. The number of Topliss-reactive ketones (excluding diaryl/α,β-unsaturated/α-hetero) is 1. The van der Waals surface area contributed by atoms with Crippen LogP contribution in [0.15, 0.2) is 84.9 Å². The molecular formula is C28H24ClNO2. The molecule has 2 aliphatic rings. The van der Waals surface area contributed by atoms with Gasteiger partial charge in [-0.25, -0.2) is 0 Å². The van der Waals surface area contributed by atoms with Gasteiger partial charge in [0.1, 0.15) is 0 Å². The van der Waals surface area contributed by atoms with E-state index in [1.54, 1.807) is 24.3 Å². The Kier molecular flexibility index (Phi) is 5.22. The second-order valence-corrected chi connectivity index (χ2v) is 8.92. The summed E-state index contributed by atoms with van der Waals surface area (Å²) in [7, 11) is 0. The van der Waals surface area contributed by atoms with Crippen LogP contribution in [0.2, 0.25) is 5.02 Å². The summed E-state index contributed by atoms with van der Waals surface area (Å²) in [5, 5.41) is 0.587. The number of halogens is 1. The summed E-state index contributed by atoms with van der Waals surface area (Å²) in [6.45, 7) is 2.71. The van der Waals surface area contributed by atoms with E-state index < -0.39 is 11.3 Å². The lowest BCUT2D eigenvalue weighted by Gasteiger charge is -2.17. The molecule has 5 rings (SSSR count). The van der Waals surface area contributed by atoms with E-state index in [9.17, 15) is 9.59 Å². The molecule has 0 N–H and O–H groups in total. The van der Waals surface area contributed by atoms with Gasteiger partial charge in [-0.3, -0.25) is 9.59 Å². The van der Waals surface area contributed by atoms with Crippen LogP contribution in [0, 0.1) is 11.8 Å². The number of anilines is 1. The molecule has 160 valence electrons. The van der Waals surface area contributed by atoms with Crippen molar-refractivity contribution in [3.8, 4) is 0 Å². The number of ketones is 1. The van der Waals surface area contributed by atoms with Crippen LogP contribution in [0.25, 0.3) is 6.08 Å². The molecule has 1 spiro atoms. The topological polar surface area (TPSA) is 37.4 Å². The monoisotopic (exact) mass is 441 g/mol. The van der Waals surface area contributed by atoms with Gasteiger partial charge in [-0.15, -0.1) is 0 Å². The third-order valence-corrected chi connectivity index (χ3v) is 6.91. The molecule has 3 atom stereocenters. The van der Waals surface area contributed by atoms with Gasteiger partial charge in [-0.2, -0.15) is 0 Å². The lowest BCUT2D eigenvalue weighted by Crippen LogP contribution is -2.35. The summed E-state index contributed by atoms with van der Waals surface area (Å²) in [5.74, 6) is -0.595. The van der Waals surface area contributed by atoms with Crippen molar-refractivity contribution in [1.82, 2.24) is 0 Å². The maximum absolute atomic E-state index is 13.9. The average Bonchev–Trinajstić information content (AvgIpc) is 3.44. The van der Waals surface area contributed by atoms with Gasteiger partial charge in [0.25, 0.3) is 0 Å². The van der Waals surface area contributed by atoms with Crippen LogP contribution in [0.3, 0.4) is 0 Å². The SMILES string of the molecule is CCCN1C(=O)[C@@]2(c3ccccc31)C(/C=C/c1ccccc1)C2C(=O)c1ccc(Cl)cc1. The van der Waals surface area contributed by atoms with Gasteiger partial charge in [0, 0.05) is 34.7 Å². The Bertz CT molecular complexity index is 1200. The smallest absolute Gasteiger partial charge is 0.239 e. The number of fused-ring (bicyclic) bond motifs is 2. The highest BCUT2D eigenvalue weighted by atomic mass is 35.5. The maximum Gasteiger partial charge on any atom is 0.239 e. The molecule has 0 radical (unpaired) electrons. The molecule has 1 saturated carbocycles. The number of rotatable bonds is 6. The van der Waals surface area contributed by atoms with Crippen molar-refractivity contribution in [1.29, 1.82) is 0 Å². The van der Waals surface area contributed by atoms with E-state index in [4.69, 9.17) is 11.6 Å². The van der Waals surface area contributed by atoms with E-state index in [2.05, 4.69) is 13.0 Å². The maximum atomic E-state index is 13.9. The molecule has 1 fully saturated rings. The Morgan fingerprint density at radius 1 is 1.00 bits per heavy atom. The highest BCUT2D eigenvalue weighted by molar-refractivity contribution is 6.30. The standard InChI is InChI=1S/C28H24ClNO2/c1-2-18-30-24-11-7-6-10-22(24)28(27(30)32)23(17-12-19-8-4-3-5-9-19)25(28)26(31)20-13-15-21(29)16-14-20/h3-17,23,25H,2,18H2,1H3/b17-12+/t23?,25?,28-/m0/s1. The van der Waals surface area contributed by atoms with Gasteiger partial charge < -0.3 is 4.90 Å². The largest absolute Gasteiger partial charge is 0.311 e. The Hall–Kier alpha value is -3.17. The van der Waals surface area contributed by atoms with Crippen LogP contribution in [0.4, 0.5) is 5.69 Å². The van der Waals surface area contributed by atoms with Gasteiger partial charge in [-0.1, -0.05) is 79.2 Å². The zero-order valence-corrected chi connectivity index (χ0v) is 18.6. The molecule has 0 saturated heterocycles. The third kappa shape index (κ3) is 3.11. The molecule has 1 aliphatic heterocycles. The first-order chi connectivity index (χ1) is 15.6. The Labute approximate surface area is 193 Å². The molecule has 3 aromatic carbocycles. The predicted molar refractivity (Wildman–Crippen MR) is 129 cm³/mol. The zero-order chi connectivity index (χ0) is 22.3. The number of para-hydroxylation sites is 1. The van der Waals surface area contributed by atoms with Crippen LogP contribution < -0.4 is 4.90 Å². The minimum absolute atomic E-state index is 0.00844. The van der Waals surface area contributed by atoms with Gasteiger partial charge >= 0.3 is 0 Å². The van der Waals surface area contributed by atoms with Crippen molar-refractivity contribution in [3.05, 3.63) is 107 Å². The van der Waals surface area contributed by atoms with Crippen molar-refractivity contribution in [2.75, 3.05) is 11.4 Å². The summed E-state index contributed by atoms with van der Waals surface area (Å²) < 4.78 is 0. The van der Waals surface area contributed by atoms with E-state index >= 15 is 0 Å². The Morgan fingerprint density at radius 3 is 2.41 bits per heavy atom. The van der Waals surface area contributed by atoms with Crippen LogP contribution in [0.1, 0.15) is 34.8 Å². The number of nitrogens with zero attached hydrogens (tertiary/aromatic N) is 1. The highest BCUT2D eigenvalue weighted by Crippen LogP contribution is 2.67. The molecule has 1 amide bonds. The molecule has 1 aliphatic carbocycles. The van der Waals surface area contributed by atoms with Crippen LogP contribution in [-0.2, 0) is 10.2 Å². The van der Waals surface area contributed by atoms with E-state index in [0.29, 0.717) is 17.1 Å². The first-order valence-electron chi connectivity index (χ1n) is 11.0.